The monoisotopic (exact) mass is 370 g/mol. The molecule has 0 saturated heterocycles. The van der Waals surface area contributed by atoms with E-state index in [2.05, 4.69) is 21.2 Å². The van der Waals surface area contributed by atoms with Crippen molar-refractivity contribution in [3.63, 3.8) is 0 Å². The van der Waals surface area contributed by atoms with Gasteiger partial charge in [0.15, 0.2) is 0 Å². The number of hydrogen-bond acceptors (Lipinski definition) is 5. The third kappa shape index (κ3) is 6.43. The molecule has 3 N–H and O–H groups in total. The molecule has 1 aromatic carbocycles. The molecule has 0 aliphatic heterocycles. The number of carbonyl (C=O) groups excluding carboxylic acids is 3. The van der Waals surface area contributed by atoms with Crippen molar-refractivity contribution in [2.75, 3.05) is 13.2 Å². The van der Waals surface area contributed by atoms with E-state index in [0.717, 1.165) is 0 Å². The molecule has 0 unspecified atom stereocenters. The van der Waals surface area contributed by atoms with Crippen LogP contribution in [0.5, 0.6) is 5.75 Å². The first kappa shape index (κ1) is 19.9. The van der Waals surface area contributed by atoms with Crippen LogP contribution < -0.4 is 20.9 Å². The molecule has 0 aliphatic rings. The predicted octanol–water partition coefficient (Wildman–Crippen LogP) is 1.45. The number of rotatable bonds is 8. The molecule has 0 aliphatic carbocycles. The van der Waals surface area contributed by atoms with Crippen LogP contribution in [0.1, 0.15) is 40.6 Å². The van der Waals surface area contributed by atoms with Crippen LogP contribution in [0.25, 0.3) is 0 Å². The van der Waals surface area contributed by atoms with Gasteiger partial charge < -0.3 is 10.1 Å². The predicted molar refractivity (Wildman–Crippen MR) is 99.0 cm³/mol. The van der Waals surface area contributed by atoms with E-state index in [9.17, 15) is 14.4 Å². The van der Waals surface area contributed by atoms with E-state index in [1.165, 1.54) is 12.3 Å². The van der Waals surface area contributed by atoms with E-state index in [4.69, 9.17) is 4.74 Å². The molecule has 0 atom stereocenters. The van der Waals surface area contributed by atoms with E-state index in [-0.39, 0.29) is 23.9 Å². The lowest BCUT2D eigenvalue weighted by atomic mass is 10.2. The topological polar surface area (TPSA) is 109 Å². The van der Waals surface area contributed by atoms with Gasteiger partial charge in [-0.3, -0.25) is 30.2 Å². The van der Waals surface area contributed by atoms with Crippen LogP contribution in [0.4, 0.5) is 0 Å². The van der Waals surface area contributed by atoms with Gasteiger partial charge in [0.1, 0.15) is 11.4 Å². The van der Waals surface area contributed by atoms with E-state index < -0.39 is 5.91 Å². The molecule has 8 heteroatoms. The van der Waals surface area contributed by atoms with Gasteiger partial charge in [0, 0.05) is 19.2 Å². The number of aromatic nitrogens is 1. The van der Waals surface area contributed by atoms with E-state index in [1.807, 2.05) is 6.92 Å². The number of amides is 3. The molecule has 0 bridgehead atoms. The van der Waals surface area contributed by atoms with Crippen molar-refractivity contribution >= 4 is 17.7 Å². The highest BCUT2D eigenvalue weighted by molar-refractivity contribution is 5.97. The highest BCUT2D eigenvalue weighted by atomic mass is 16.5. The molecular weight excluding hydrogens is 348 g/mol. The van der Waals surface area contributed by atoms with Gasteiger partial charge >= 0.3 is 0 Å². The van der Waals surface area contributed by atoms with Gasteiger partial charge in [-0.1, -0.05) is 18.2 Å². The summed E-state index contributed by atoms with van der Waals surface area (Å²) in [5.74, 6) is -0.594. The number of ether oxygens (including phenoxy) is 1. The molecule has 2 aromatic rings. The molecule has 0 radical (unpaired) electrons. The van der Waals surface area contributed by atoms with E-state index in [1.54, 1.807) is 36.4 Å². The Hall–Kier alpha value is -3.42. The molecule has 2 rings (SSSR count). The zero-order valence-electron chi connectivity index (χ0n) is 15.0. The maximum atomic E-state index is 12.2. The molecule has 3 amide bonds. The van der Waals surface area contributed by atoms with Gasteiger partial charge in [0.25, 0.3) is 11.8 Å². The van der Waals surface area contributed by atoms with Crippen LogP contribution in [-0.4, -0.2) is 35.9 Å². The first-order valence-electron chi connectivity index (χ1n) is 8.62. The number of para-hydroxylation sites is 1. The van der Waals surface area contributed by atoms with Crippen molar-refractivity contribution in [1.82, 2.24) is 21.2 Å². The fraction of sp³-hybridized carbons (Fsp3) is 0.263. The fourth-order valence-corrected chi connectivity index (χ4v) is 2.23. The lowest BCUT2D eigenvalue weighted by molar-refractivity contribution is -0.121. The minimum atomic E-state index is -0.496. The Balaban J connectivity index is 1.68. The summed E-state index contributed by atoms with van der Waals surface area (Å²) in [4.78, 5) is 39.6. The maximum Gasteiger partial charge on any atom is 0.288 e. The van der Waals surface area contributed by atoms with Crippen LogP contribution in [0.3, 0.4) is 0 Å². The molecule has 1 heterocycles. The highest BCUT2D eigenvalue weighted by Gasteiger charge is 2.12. The standard InChI is InChI=1S/C19H22N4O4/c1-2-27-16-10-4-3-8-14(16)18(25)21-13-7-11-17(24)22-23-19(26)15-9-5-6-12-20-15/h3-6,8-10,12H,2,7,11,13H2,1H3,(H,21,25)(H,22,24)(H,23,26). The molecule has 0 saturated carbocycles. The molecule has 142 valence electrons. The number of nitrogens with one attached hydrogen (secondary N) is 3. The normalized spacial score (nSPS) is 9.96. The number of carbonyl (C=O) groups is 3. The van der Waals surface area contributed by atoms with Crippen molar-refractivity contribution < 1.29 is 19.1 Å². The van der Waals surface area contributed by atoms with Crippen LogP contribution >= 0.6 is 0 Å². The lowest BCUT2D eigenvalue weighted by Gasteiger charge is -2.10. The number of nitrogens with zero attached hydrogens (tertiary/aromatic N) is 1. The Labute approximate surface area is 157 Å². The van der Waals surface area contributed by atoms with Gasteiger partial charge in [0.05, 0.1) is 12.2 Å². The Bertz CT molecular complexity index is 780. The summed E-state index contributed by atoms with van der Waals surface area (Å²) in [5, 5.41) is 2.75. The van der Waals surface area contributed by atoms with Gasteiger partial charge in [-0.2, -0.15) is 0 Å². The third-order valence-electron chi connectivity index (χ3n) is 3.51. The second kappa shape index (κ2) is 10.5. The maximum absolute atomic E-state index is 12.2. The minimum absolute atomic E-state index is 0.149. The summed E-state index contributed by atoms with van der Waals surface area (Å²) in [6.07, 6.45) is 2.06. The summed E-state index contributed by atoms with van der Waals surface area (Å²) in [5.41, 5.74) is 5.26. The average Bonchev–Trinajstić information content (AvgIpc) is 2.70. The van der Waals surface area contributed by atoms with Crippen molar-refractivity contribution in [2.45, 2.75) is 19.8 Å². The number of hydrogen-bond donors (Lipinski definition) is 3. The summed E-state index contributed by atoms with van der Waals surface area (Å²) in [6.45, 7) is 2.63. The number of pyridine rings is 1. The number of benzene rings is 1. The van der Waals surface area contributed by atoms with Gasteiger partial charge in [-0.25, -0.2) is 0 Å². The highest BCUT2D eigenvalue weighted by Crippen LogP contribution is 2.17. The lowest BCUT2D eigenvalue weighted by Crippen LogP contribution is -2.42. The smallest absolute Gasteiger partial charge is 0.288 e. The van der Waals surface area contributed by atoms with Crippen molar-refractivity contribution in [2.24, 2.45) is 0 Å². The second-order valence-electron chi connectivity index (χ2n) is 5.51. The van der Waals surface area contributed by atoms with E-state index >= 15 is 0 Å². The van der Waals surface area contributed by atoms with Crippen molar-refractivity contribution in [3.8, 4) is 5.75 Å². The van der Waals surface area contributed by atoms with Gasteiger partial charge in [0.2, 0.25) is 5.91 Å². The van der Waals surface area contributed by atoms with Crippen molar-refractivity contribution in [1.29, 1.82) is 0 Å². The molecule has 8 nitrogen and oxygen atoms in total. The van der Waals surface area contributed by atoms with Gasteiger partial charge in [-0.05, 0) is 37.6 Å². The Morgan fingerprint density at radius 3 is 2.52 bits per heavy atom. The third-order valence-corrected chi connectivity index (χ3v) is 3.51. The van der Waals surface area contributed by atoms with Crippen molar-refractivity contribution in [3.05, 3.63) is 59.9 Å². The first-order valence-corrected chi connectivity index (χ1v) is 8.62. The van der Waals surface area contributed by atoms with Gasteiger partial charge in [-0.15, -0.1) is 0 Å². The fourth-order valence-electron chi connectivity index (χ4n) is 2.23. The summed E-state index contributed by atoms with van der Waals surface area (Å²) >= 11 is 0. The van der Waals surface area contributed by atoms with Crippen LogP contribution in [0, 0.1) is 0 Å². The first-order chi connectivity index (χ1) is 13.1. The molecular formula is C19H22N4O4. The summed E-state index contributed by atoms with van der Waals surface area (Å²) < 4.78 is 5.42. The SMILES string of the molecule is CCOc1ccccc1C(=O)NCCCC(=O)NNC(=O)c1ccccn1. The summed E-state index contributed by atoms with van der Waals surface area (Å²) in [7, 11) is 0. The van der Waals surface area contributed by atoms with Crippen LogP contribution in [0.2, 0.25) is 0 Å². The largest absolute Gasteiger partial charge is 0.493 e. The van der Waals surface area contributed by atoms with Crippen LogP contribution in [-0.2, 0) is 4.79 Å². The Morgan fingerprint density at radius 1 is 1.00 bits per heavy atom. The Kier molecular flexibility index (Phi) is 7.77. The minimum Gasteiger partial charge on any atom is -0.493 e. The molecule has 1 aromatic heterocycles. The molecule has 0 spiro atoms. The Morgan fingerprint density at radius 2 is 1.78 bits per heavy atom. The molecule has 27 heavy (non-hydrogen) atoms. The molecule has 0 fully saturated rings. The quantitative estimate of drug-likeness (QED) is 0.481. The van der Waals surface area contributed by atoms with E-state index in [0.29, 0.717) is 30.9 Å². The summed E-state index contributed by atoms with van der Waals surface area (Å²) in [6, 6.07) is 11.9. The average molecular weight is 370 g/mol. The van der Waals surface area contributed by atoms with Crippen LogP contribution in [0.15, 0.2) is 48.7 Å². The zero-order chi connectivity index (χ0) is 19.5. The zero-order valence-corrected chi connectivity index (χ0v) is 15.0. The second-order valence-corrected chi connectivity index (χ2v) is 5.51. The number of hydrazine groups is 1.